The molecule has 0 heterocycles. The lowest BCUT2D eigenvalue weighted by Crippen LogP contribution is -2.19. The first kappa shape index (κ1) is 12.7. The summed E-state index contributed by atoms with van der Waals surface area (Å²) in [4.78, 5) is 0. The second-order valence-corrected chi connectivity index (χ2v) is 4.46. The van der Waals surface area contributed by atoms with Crippen LogP contribution >= 0.6 is 0 Å². The van der Waals surface area contributed by atoms with Crippen LogP contribution in [0.5, 0.6) is 0 Å². The summed E-state index contributed by atoms with van der Waals surface area (Å²) in [5.41, 5.74) is 2.39. The molecule has 0 bridgehead atoms. The van der Waals surface area contributed by atoms with E-state index < -0.39 is 0 Å². The molecule has 0 aliphatic carbocycles. The summed E-state index contributed by atoms with van der Waals surface area (Å²) >= 11 is 0. The van der Waals surface area contributed by atoms with E-state index in [0.29, 0.717) is 5.92 Å². The molecule has 1 unspecified atom stereocenters. The van der Waals surface area contributed by atoms with Gasteiger partial charge in [0.1, 0.15) is 6.04 Å². The van der Waals surface area contributed by atoms with Crippen LogP contribution < -0.4 is 5.32 Å². The SMILES string of the molecule is CCNC(C#N)c1ccc(CC(C)C)cc1. The van der Waals surface area contributed by atoms with Crippen molar-refractivity contribution in [3.8, 4) is 6.07 Å². The molecular formula is C14H20N2. The average molecular weight is 216 g/mol. The van der Waals surface area contributed by atoms with Crippen LogP contribution in [0.25, 0.3) is 0 Å². The van der Waals surface area contributed by atoms with Crippen LogP contribution in [0.3, 0.4) is 0 Å². The predicted molar refractivity (Wildman–Crippen MR) is 67.0 cm³/mol. The van der Waals surface area contributed by atoms with Gasteiger partial charge in [-0.3, -0.25) is 5.32 Å². The van der Waals surface area contributed by atoms with E-state index in [9.17, 15) is 0 Å². The third-order valence-corrected chi connectivity index (χ3v) is 2.49. The molecule has 0 saturated heterocycles. The fourth-order valence-corrected chi connectivity index (χ4v) is 1.76. The van der Waals surface area contributed by atoms with E-state index in [1.807, 2.05) is 19.1 Å². The minimum absolute atomic E-state index is 0.182. The molecule has 1 aromatic carbocycles. The quantitative estimate of drug-likeness (QED) is 0.821. The van der Waals surface area contributed by atoms with Crippen LogP contribution in [0, 0.1) is 17.2 Å². The molecule has 16 heavy (non-hydrogen) atoms. The lowest BCUT2D eigenvalue weighted by Gasteiger charge is -2.11. The van der Waals surface area contributed by atoms with Crippen LogP contribution in [0.1, 0.15) is 37.9 Å². The molecule has 0 amide bonds. The molecule has 0 aromatic heterocycles. The first-order chi connectivity index (χ1) is 7.67. The van der Waals surface area contributed by atoms with Crippen molar-refractivity contribution in [3.05, 3.63) is 35.4 Å². The Hall–Kier alpha value is -1.33. The third-order valence-electron chi connectivity index (χ3n) is 2.49. The van der Waals surface area contributed by atoms with E-state index in [1.165, 1.54) is 5.56 Å². The minimum atomic E-state index is -0.182. The Kier molecular flexibility index (Phi) is 5.01. The molecule has 1 N–H and O–H groups in total. The van der Waals surface area contributed by atoms with E-state index in [-0.39, 0.29) is 6.04 Å². The van der Waals surface area contributed by atoms with Gasteiger partial charge in [-0.1, -0.05) is 45.0 Å². The fourth-order valence-electron chi connectivity index (χ4n) is 1.76. The van der Waals surface area contributed by atoms with Gasteiger partial charge in [0.15, 0.2) is 0 Å². The van der Waals surface area contributed by atoms with E-state index in [0.717, 1.165) is 18.5 Å². The molecular weight excluding hydrogens is 196 g/mol. The molecule has 86 valence electrons. The lowest BCUT2D eigenvalue weighted by atomic mass is 10.00. The van der Waals surface area contributed by atoms with E-state index in [4.69, 9.17) is 5.26 Å². The van der Waals surface area contributed by atoms with E-state index in [2.05, 4.69) is 37.4 Å². The van der Waals surface area contributed by atoms with Crippen LogP contribution in [0.15, 0.2) is 24.3 Å². The zero-order valence-electron chi connectivity index (χ0n) is 10.3. The molecule has 0 aliphatic rings. The lowest BCUT2D eigenvalue weighted by molar-refractivity contribution is 0.643. The number of nitriles is 1. The molecule has 0 fully saturated rings. The Morgan fingerprint density at radius 2 is 1.88 bits per heavy atom. The van der Waals surface area contributed by atoms with Crippen molar-refractivity contribution in [1.29, 1.82) is 5.26 Å². The van der Waals surface area contributed by atoms with Gasteiger partial charge in [-0.25, -0.2) is 0 Å². The summed E-state index contributed by atoms with van der Waals surface area (Å²) in [6, 6.07) is 10.4. The molecule has 0 aliphatic heterocycles. The number of benzene rings is 1. The number of hydrogen-bond donors (Lipinski definition) is 1. The topological polar surface area (TPSA) is 35.8 Å². The molecule has 1 rings (SSSR count). The number of nitrogens with zero attached hydrogens (tertiary/aromatic N) is 1. The van der Waals surface area contributed by atoms with Gasteiger partial charge in [0.2, 0.25) is 0 Å². The Morgan fingerprint density at radius 1 is 1.25 bits per heavy atom. The molecule has 0 spiro atoms. The van der Waals surface area contributed by atoms with Gasteiger partial charge in [-0.15, -0.1) is 0 Å². The van der Waals surface area contributed by atoms with Gasteiger partial charge in [0.05, 0.1) is 6.07 Å². The summed E-state index contributed by atoms with van der Waals surface area (Å²) in [6.07, 6.45) is 1.10. The van der Waals surface area contributed by atoms with Gasteiger partial charge < -0.3 is 0 Å². The van der Waals surface area contributed by atoms with Gasteiger partial charge in [-0.2, -0.15) is 5.26 Å². The Labute approximate surface area is 98.3 Å². The standard InChI is InChI=1S/C14H20N2/c1-4-16-14(10-15)13-7-5-12(6-8-13)9-11(2)3/h5-8,11,14,16H,4,9H2,1-3H3. The van der Waals surface area contributed by atoms with Crippen LogP contribution in [0.2, 0.25) is 0 Å². The van der Waals surface area contributed by atoms with Crippen LogP contribution in [-0.2, 0) is 6.42 Å². The van der Waals surface area contributed by atoms with Crippen LogP contribution in [-0.4, -0.2) is 6.54 Å². The average Bonchev–Trinajstić information content (AvgIpc) is 2.26. The third kappa shape index (κ3) is 3.67. The van der Waals surface area contributed by atoms with Crippen molar-refractivity contribution in [2.45, 2.75) is 33.2 Å². The van der Waals surface area contributed by atoms with Crippen molar-refractivity contribution < 1.29 is 0 Å². The van der Waals surface area contributed by atoms with E-state index in [1.54, 1.807) is 0 Å². The monoisotopic (exact) mass is 216 g/mol. The van der Waals surface area contributed by atoms with Crippen molar-refractivity contribution >= 4 is 0 Å². The minimum Gasteiger partial charge on any atom is -0.298 e. The number of rotatable bonds is 5. The maximum Gasteiger partial charge on any atom is 0.121 e. The molecule has 0 radical (unpaired) electrons. The summed E-state index contributed by atoms with van der Waals surface area (Å²) in [5, 5.41) is 12.2. The molecule has 2 nitrogen and oxygen atoms in total. The normalized spacial score (nSPS) is 12.4. The molecule has 1 atom stereocenters. The van der Waals surface area contributed by atoms with Crippen molar-refractivity contribution in [2.24, 2.45) is 5.92 Å². The van der Waals surface area contributed by atoms with E-state index >= 15 is 0 Å². The zero-order valence-corrected chi connectivity index (χ0v) is 10.3. The second kappa shape index (κ2) is 6.30. The van der Waals surface area contributed by atoms with Crippen molar-refractivity contribution in [1.82, 2.24) is 5.32 Å². The maximum absolute atomic E-state index is 9.01. The van der Waals surface area contributed by atoms with Crippen molar-refractivity contribution in [3.63, 3.8) is 0 Å². The summed E-state index contributed by atoms with van der Waals surface area (Å²) in [7, 11) is 0. The highest BCUT2D eigenvalue weighted by atomic mass is 14.9. The predicted octanol–water partition coefficient (Wildman–Crippen LogP) is 3.06. The van der Waals surface area contributed by atoms with Crippen LogP contribution in [0.4, 0.5) is 0 Å². The Morgan fingerprint density at radius 3 is 2.31 bits per heavy atom. The first-order valence-corrected chi connectivity index (χ1v) is 5.89. The largest absolute Gasteiger partial charge is 0.298 e. The zero-order chi connectivity index (χ0) is 12.0. The summed E-state index contributed by atoms with van der Waals surface area (Å²) < 4.78 is 0. The molecule has 1 aromatic rings. The van der Waals surface area contributed by atoms with Gasteiger partial charge in [0, 0.05) is 0 Å². The van der Waals surface area contributed by atoms with Crippen molar-refractivity contribution in [2.75, 3.05) is 6.54 Å². The Balaban J connectivity index is 2.74. The highest BCUT2D eigenvalue weighted by Crippen LogP contribution is 2.15. The Bertz CT molecular complexity index is 346. The smallest absolute Gasteiger partial charge is 0.121 e. The fraction of sp³-hybridized carbons (Fsp3) is 0.500. The van der Waals surface area contributed by atoms with Gasteiger partial charge in [0.25, 0.3) is 0 Å². The highest BCUT2D eigenvalue weighted by Gasteiger charge is 2.08. The number of hydrogen-bond acceptors (Lipinski definition) is 2. The highest BCUT2D eigenvalue weighted by molar-refractivity contribution is 5.28. The first-order valence-electron chi connectivity index (χ1n) is 5.89. The maximum atomic E-state index is 9.01. The number of nitrogens with one attached hydrogen (secondary N) is 1. The molecule has 0 saturated carbocycles. The second-order valence-electron chi connectivity index (χ2n) is 4.46. The molecule has 2 heteroatoms. The summed E-state index contributed by atoms with van der Waals surface area (Å²) in [6.45, 7) is 7.25. The van der Waals surface area contributed by atoms with Gasteiger partial charge >= 0.3 is 0 Å². The van der Waals surface area contributed by atoms with Gasteiger partial charge in [-0.05, 0) is 30.0 Å². The summed E-state index contributed by atoms with van der Waals surface area (Å²) in [5.74, 6) is 0.673.